The van der Waals surface area contributed by atoms with Crippen LogP contribution in [-0.2, 0) is 0 Å². The van der Waals surface area contributed by atoms with E-state index in [1.54, 1.807) is 31.2 Å². The summed E-state index contributed by atoms with van der Waals surface area (Å²) in [6.45, 7) is 1.79. The van der Waals surface area contributed by atoms with Gasteiger partial charge in [-0.1, -0.05) is 29.8 Å². The molecule has 100 valence electrons. The van der Waals surface area contributed by atoms with E-state index in [0.717, 1.165) is 0 Å². The molecule has 0 atom stereocenters. The lowest BCUT2D eigenvalue weighted by atomic mass is 10.1. The Labute approximate surface area is 119 Å². The molecule has 0 saturated heterocycles. The molecule has 20 heavy (non-hydrogen) atoms. The largest absolute Gasteiger partial charge is 0.333 e. The highest BCUT2D eigenvalue weighted by Crippen LogP contribution is 2.24. The van der Waals surface area contributed by atoms with E-state index in [1.165, 1.54) is 4.57 Å². The average Bonchev–Trinajstić information content (AvgIpc) is 2.44. The van der Waals surface area contributed by atoms with Crippen molar-refractivity contribution in [2.75, 3.05) is 0 Å². The van der Waals surface area contributed by atoms with E-state index in [0.29, 0.717) is 27.2 Å². The Morgan fingerprint density at radius 1 is 1.05 bits per heavy atom. The molecule has 0 aliphatic carbocycles. The third-order valence-corrected chi connectivity index (χ3v) is 3.68. The number of fused-ring (bicyclic) bond motifs is 1. The molecule has 0 amide bonds. The summed E-state index contributed by atoms with van der Waals surface area (Å²) >= 11 is 6.12. The predicted octanol–water partition coefficient (Wildman–Crippen LogP) is 2.64. The van der Waals surface area contributed by atoms with E-state index in [9.17, 15) is 9.59 Å². The molecule has 3 rings (SSSR count). The van der Waals surface area contributed by atoms with Crippen LogP contribution in [0.4, 0.5) is 0 Å². The van der Waals surface area contributed by atoms with E-state index < -0.39 is 11.2 Å². The topological polar surface area (TPSA) is 54.9 Å². The SMILES string of the molecule is Cc1c(Cl)ccc2c(=O)[nH]c(=O)n(-c3ccccc3)c12. The lowest BCUT2D eigenvalue weighted by molar-refractivity contribution is 0.939. The van der Waals surface area contributed by atoms with Gasteiger partial charge in [-0.2, -0.15) is 0 Å². The Morgan fingerprint density at radius 3 is 2.45 bits per heavy atom. The summed E-state index contributed by atoms with van der Waals surface area (Å²) in [5, 5.41) is 0.961. The third kappa shape index (κ3) is 1.85. The van der Waals surface area contributed by atoms with Gasteiger partial charge in [0.1, 0.15) is 0 Å². The van der Waals surface area contributed by atoms with E-state index in [4.69, 9.17) is 11.6 Å². The standard InChI is InChI=1S/C15H11ClN2O2/c1-9-12(16)8-7-11-13(9)18(15(20)17-14(11)19)10-5-3-2-4-6-10/h2-8H,1H3,(H,17,19,20). The highest BCUT2D eigenvalue weighted by Gasteiger charge is 2.12. The third-order valence-electron chi connectivity index (χ3n) is 3.27. The van der Waals surface area contributed by atoms with Crippen molar-refractivity contribution in [3.05, 3.63) is 73.9 Å². The number of hydrogen-bond donors (Lipinski definition) is 1. The summed E-state index contributed by atoms with van der Waals surface area (Å²) in [5.74, 6) is 0. The number of nitrogens with zero attached hydrogens (tertiary/aromatic N) is 1. The molecule has 0 fully saturated rings. The average molecular weight is 287 g/mol. The first-order chi connectivity index (χ1) is 9.59. The number of aromatic amines is 1. The molecule has 0 aliphatic heterocycles. The second-order valence-corrected chi connectivity index (χ2v) is 4.91. The molecular formula is C15H11ClN2O2. The van der Waals surface area contributed by atoms with Crippen LogP contribution >= 0.6 is 11.6 Å². The Hall–Kier alpha value is -2.33. The van der Waals surface area contributed by atoms with Crippen LogP contribution in [0.1, 0.15) is 5.56 Å². The molecule has 0 bridgehead atoms. The Kier molecular flexibility index (Phi) is 2.95. The zero-order valence-electron chi connectivity index (χ0n) is 10.7. The molecule has 0 unspecified atom stereocenters. The summed E-state index contributed by atoms with van der Waals surface area (Å²) in [4.78, 5) is 26.5. The Bertz CT molecular complexity index is 911. The fraction of sp³-hybridized carbons (Fsp3) is 0.0667. The molecule has 0 spiro atoms. The molecule has 4 nitrogen and oxygen atoms in total. The molecule has 1 N–H and O–H groups in total. The minimum Gasteiger partial charge on any atom is -0.273 e. The molecule has 1 heterocycles. The molecule has 1 aromatic heterocycles. The molecule has 5 heteroatoms. The van der Waals surface area contributed by atoms with Gasteiger partial charge < -0.3 is 0 Å². The fourth-order valence-corrected chi connectivity index (χ4v) is 2.44. The monoisotopic (exact) mass is 286 g/mol. The molecular weight excluding hydrogens is 276 g/mol. The number of H-pyrrole nitrogens is 1. The van der Waals surface area contributed by atoms with E-state index in [2.05, 4.69) is 4.98 Å². The highest BCUT2D eigenvalue weighted by atomic mass is 35.5. The number of aromatic nitrogens is 2. The summed E-state index contributed by atoms with van der Waals surface area (Å²) in [6, 6.07) is 12.4. The second-order valence-electron chi connectivity index (χ2n) is 4.50. The minimum atomic E-state index is -0.473. The molecule has 2 aromatic carbocycles. The summed E-state index contributed by atoms with van der Waals surface area (Å²) in [5.41, 5.74) is 1.05. The number of para-hydroxylation sites is 1. The summed E-state index contributed by atoms with van der Waals surface area (Å²) in [7, 11) is 0. The molecule has 0 radical (unpaired) electrons. The van der Waals surface area contributed by atoms with Crippen molar-refractivity contribution in [1.82, 2.24) is 9.55 Å². The van der Waals surface area contributed by atoms with Crippen molar-refractivity contribution in [2.24, 2.45) is 0 Å². The van der Waals surface area contributed by atoms with Gasteiger partial charge in [0.05, 0.1) is 16.6 Å². The van der Waals surface area contributed by atoms with Crippen LogP contribution in [0.25, 0.3) is 16.6 Å². The van der Waals surface area contributed by atoms with Crippen LogP contribution in [0.3, 0.4) is 0 Å². The molecule has 0 saturated carbocycles. The van der Waals surface area contributed by atoms with Crippen molar-refractivity contribution in [2.45, 2.75) is 6.92 Å². The lowest BCUT2D eigenvalue weighted by Gasteiger charge is -2.12. The maximum atomic E-state index is 12.2. The highest BCUT2D eigenvalue weighted by molar-refractivity contribution is 6.32. The second kappa shape index (κ2) is 4.65. The summed E-state index contributed by atoms with van der Waals surface area (Å²) in [6.07, 6.45) is 0. The van der Waals surface area contributed by atoms with Crippen molar-refractivity contribution >= 4 is 22.5 Å². The predicted molar refractivity (Wildman–Crippen MR) is 79.9 cm³/mol. The molecule has 3 aromatic rings. The van der Waals surface area contributed by atoms with Crippen LogP contribution in [-0.4, -0.2) is 9.55 Å². The number of aryl methyl sites for hydroxylation is 1. The first kappa shape index (κ1) is 12.7. The minimum absolute atomic E-state index is 0.406. The quantitative estimate of drug-likeness (QED) is 0.748. The number of halogens is 1. The van der Waals surface area contributed by atoms with Gasteiger partial charge in [-0.15, -0.1) is 0 Å². The maximum absolute atomic E-state index is 12.2. The molecule has 0 aliphatic rings. The first-order valence-corrected chi connectivity index (χ1v) is 6.47. The van der Waals surface area contributed by atoms with Gasteiger partial charge in [-0.05, 0) is 36.8 Å². The summed E-state index contributed by atoms with van der Waals surface area (Å²) < 4.78 is 1.47. The van der Waals surface area contributed by atoms with Crippen LogP contribution in [0.2, 0.25) is 5.02 Å². The Balaban J connectivity index is 2.58. The fourth-order valence-electron chi connectivity index (χ4n) is 2.29. The van der Waals surface area contributed by atoms with Crippen LogP contribution < -0.4 is 11.2 Å². The normalized spacial score (nSPS) is 10.9. The zero-order valence-corrected chi connectivity index (χ0v) is 11.4. The van der Waals surface area contributed by atoms with Crippen molar-refractivity contribution in [3.63, 3.8) is 0 Å². The van der Waals surface area contributed by atoms with Gasteiger partial charge in [0.15, 0.2) is 0 Å². The Morgan fingerprint density at radius 2 is 1.75 bits per heavy atom. The van der Waals surface area contributed by atoms with Gasteiger partial charge in [0, 0.05) is 5.02 Å². The van der Waals surface area contributed by atoms with Crippen molar-refractivity contribution in [3.8, 4) is 5.69 Å². The lowest BCUT2D eigenvalue weighted by Crippen LogP contribution is -2.29. The maximum Gasteiger partial charge on any atom is 0.333 e. The van der Waals surface area contributed by atoms with Gasteiger partial charge >= 0.3 is 5.69 Å². The number of hydrogen-bond acceptors (Lipinski definition) is 2. The number of rotatable bonds is 1. The first-order valence-electron chi connectivity index (χ1n) is 6.09. The number of nitrogens with one attached hydrogen (secondary N) is 1. The van der Waals surface area contributed by atoms with Gasteiger partial charge in [0.25, 0.3) is 5.56 Å². The van der Waals surface area contributed by atoms with Crippen molar-refractivity contribution in [1.29, 1.82) is 0 Å². The van der Waals surface area contributed by atoms with E-state index in [1.807, 2.05) is 18.2 Å². The van der Waals surface area contributed by atoms with Gasteiger partial charge in [0.2, 0.25) is 0 Å². The zero-order chi connectivity index (χ0) is 14.3. The van der Waals surface area contributed by atoms with Gasteiger partial charge in [-0.25, -0.2) is 4.79 Å². The van der Waals surface area contributed by atoms with Crippen molar-refractivity contribution < 1.29 is 0 Å². The van der Waals surface area contributed by atoms with Gasteiger partial charge in [-0.3, -0.25) is 14.3 Å². The number of benzene rings is 2. The van der Waals surface area contributed by atoms with Crippen LogP contribution in [0.15, 0.2) is 52.1 Å². The van der Waals surface area contributed by atoms with E-state index in [-0.39, 0.29) is 0 Å². The van der Waals surface area contributed by atoms with E-state index >= 15 is 0 Å². The van der Waals surface area contributed by atoms with Crippen LogP contribution in [0.5, 0.6) is 0 Å². The smallest absolute Gasteiger partial charge is 0.273 e. The van der Waals surface area contributed by atoms with Crippen LogP contribution in [0, 0.1) is 6.92 Å².